The highest BCUT2D eigenvalue weighted by atomic mass is 16.6. The highest BCUT2D eigenvalue weighted by molar-refractivity contribution is 6.14. The average molecular weight is 295 g/mol. The number of carbonyl (C=O) groups excluding carboxylic acids is 2. The van der Waals surface area contributed by atoms with Crippen molar-refractivity contribution in [3.8, 4) is 0 Å². The minimum Gasteiger partial charge on any atom is -0.462 e. The maximum Gasteiger partial charge on any atom is 0.347 e. The summed E-state index contributed by atoms with van der Waals surface area (Å²) in [6, 6.07) is 0. The van der Waals surface area contributed by atoms with Gasteiger partial charge in [0.2, 0.25) is 0 Å². The van der Waals surface area contributed by atoms with E-state index < -0.39 is 11.9 Å². The third kappa shape index (κ3) is 4.94. The Balaban J connectivity index is 2.85. The molecule has 1 heterocycles. The normalized spacial score (nSPS) is 10.1. The predicted octanol–water partition coefficient (Wildman–Crippen LogP) is 1.96. The van der Waals surface area contributed by atoms with Gasteiger partial charge in [0.25, 0.3) is 0 Å². The Kier molecular flexibility index (Phi) is 6.45. The summed E-state index contributed by atoms with van der Waals surface area (Å²) in [5.41, 5.74) is -0.195. The van der Waals surface area contributed by atoms with Gasteiger partial charge in [-0.15, -0.1) is 0 Å². The molecule has 21 heavy (non-hydrogen) atoms. The van der Waals surface area contributed by atoms with E-state index in [9.17, 15) is 9.59 Å². The van der Waals surface area contributed by atoms with E-state index >= 15 is 0 Å². The molecule has 0 saturated carbocycles. The fourth-order valence-corrected chi connectivity index (χ4v) is 1.47. The Bertz CT molecular complexity index is 500. The van der Waals surface area contributed by atoms with Gasteiger partial charge in [-0.1, -0.05) is 13.8 Å². The average Bonchev–Trinajstić information content (AvgIpc) is 2.88. The van der Waals surface area contributed by atoms with Crippen LogP contribution in [0.2, 0.25) is 0 Å². The number of rotatable bonds is 7. The maximum atomic E-state index is 11.7. The smallest absolute Gasteiger partial charge is 0.347 e. The predicted molar refractivity (Wildman–Crippen MR) is 77.6 cm³/mol. The fourth-order valence-electron chi connectivity index (χ4n) is 1.47. The van der Waals surface area contributed by atoms with Crippen LogP contribution in [0.3, 0.4) is 0 Å². The van der Waals surface area contributed by atoms with E-state index in [-0.39, 0.29) is 24.7 Å². The Morgan fingerprint density at radius 2 is 1.86 bits per heavy atom. The molecular weight excluding hydrogens is 274 g/mol. The molecular formula is C14H21N3O4. The number of imidazole rings is 1. The van der Waals surface area contributed by atoms with Gasteiger partial charge in [-0.05, 0) is 13.8 Å². The lowest BCUT2D eigenvalue weighted by Gasteiger charge is -2.06. The van der Waals surface area contributed by atoms with Gasteiger partial charge in [-0.3, -0.25) is 0 Å². The van der Waals surface area contributed by atoms with E-state index in [0.29, 0.717) is 5.82 Å². The van der Waals surface area contributed by atoms with Crippen LogP contribution in [0.25, 0.3) is 0 Å². The van der Waals surface area contributed by atoms with Crippen molar-refractivity contribution in [2.45, 2.75) is 33.6 Å². The SMILES string of the molecule is CCOC(=O)C(=CNc1cnc(C(C)C)[nH]1)C(=O)OCC. The molecule has 2 N–H and O–H groups in total. The molecule has 116 valence electrons. The number of anilines is 1. The number of aromatic nitrogens is 2. The van der Waals surface area contributed by atoms with E-state index in [1.807, 2.05) is 13.8 Å². The summed E-state index contributed by atoms with van der Waals surface area (Å²) in [7, 11) is 0. The van der Waals surface area contributed by atoms with Crippen LogP contribution in [0.5, 0.6) is 0 Å². The van der Waals surface area contributed by atoms with Crippen LogP contribution in [0, 0.1) is 0 Å². The molecule has 0 saturated heterocycles. The zero-order valence-corrected chi connectivity index (χ0v) is 12.7. The van der Waals surface area contributed by atoms with Gasteiger partial charge in [0.05, 0.1) is 19.4 Å². The van der Waals surface area contributed by atoms with E-state index in [4.69, 9.17) is 9.47 Å². The van der Waals surface area contributed by atoms with Crippen molar-refractivity contribution in [2.75, 3.05) is 18.5 Å². The summed E-state index contributed by atoms with van der Waals surface area (Å²) in [4.78, 5) is 30.7. The molecule has 7 heteroatoms. The molecule has 7 nitrogen and oxygen atoms in total. The minimum absolute atomic E-state index is 0.178. The van der Waals surface area contributed by atoms with Crippen LogP contribution in [0.15, 0.2) is 18.0 Å². The summed E-state index contributed by atoms with van der Waals surface area (Å²) >= 11 is 0. The number of hydrogen-bond donors (Lipinski definition) is 2. The van der Waals surface area contributed by atoms with Gasteiger partial charge >= 0.3 is 11.9 Å². The third-order valence-electron chi connectivity index (χ3n) is 2.51. The lowest BCUT2D eigenvalue weighted by molar-refractivity contribution is -0.146. The Morgan fingerprint density at radius 3 is 2.29 bits per heavy atom. The number of H-pyrrole nitrogens is 1. The highest BCUT2D eigenvalue weighted by Crippen LogP contribution is 2.13. The molecule has 1 aromatic heterocycles. The number of nitrogens with one attached hydrogen (secondary N) is 2. The molecule has 0 aromatic carbocycles. The van der Waals surface area contributed by atoms with Crippen LogP contribution in [0.4, 0.5) is 5.82 Å². The van der Waals surface area contributed by atoms with Crippen LogP contribution in [-0.4, -0.2) is 35.1 Å². The Labute approximate surface area is 123 Å². The zero-order chi connectivity index (χ0) is 15.8. The number of carbonyl (C=O) groups is 2. The topological polar surface area (TPSA) is 93.3 Å². The quantitative estimate of drug-likeness (QED) is 0.346. The lowest BCUT2D eigenvalue weighted by atomic mass is 10.2. The molecule has 0 aliphatic heterocycles. The number of esters is 2. The molecule has 0 spiro atoms. The van der Waals surface area contributed by atoms with Crippen LogP contribution >= 0.6 is 0 Å². The largest absolute Gasteiger partial charge is 0.462 e. The zero-order valence-electron chi connectivity index (χ0n) is 12.7. The van der Waals surface area contributed by atoms with Gasteiger partial charge in [-0.2, -0.15) is 0 Å². The van der Waals surface area contributed by atoms with E-state index in [1.54, 1.807) is 20.0 Å². The second-order valence-corrected chi connectivity index (χ2v) is 4.48. The summed E-state index contributed by atoms with van der Waals surface area (Å²) in [6.07, 6.45) is 2.84. The van der Waals surface area contributed by atoms with Crippen molar-refractivity contribution in [1.29, 1.82) is 0 Å². The van der Waals surface area contributed by atoms with Crippen LogP contribution in [-0.2, 0) is 19.1 Å². The van der Waals surface area contributed by atoms with Crippen LogP contribution < -0.4 is 5.32 Å². The van der Waals surface area contributed by atoms with E-state index in [0.717, 1.165) is 5.82 Å². The minimum atomic E-state index is -0.730. The summed E-state index contributed by atoms with van der Waals surface area (Å²) in [5.74, 6) is 0.169. The van der Waals surface area contributed by atoms with Crippen LogP contribution in [0.1, 0.15) is 39.4 Å². The standard InChI is InChI=1S/C14H21N3O4/c1-5-20-13(18)10(14(19)21-6-2)7-15-11-8-16-12(17-11)9(3)4/h7-9,15H,5-6H2,1-4H3,(H,16,17). The van der Waals surface area contributed by atoms with E-state index in [2.05, 4.69) is 15.3 Å². The van der Waals surface area contributed by atoms with Gasteiger partial charge in [0.1, 0.15) is 11.6 Å². The van der Waals surface area contributed by atoms with Crippen molar-refractivity contribution in [2.24, 2.45) is 0 Å². The first-order valence-electron chi connectivity index (χ1n) is 6.85. The Hall–Kier alpha value is -2.31. The first-order valence-corrected chi connectivity index (χ1v) is 6.85. The third-order valence-corrected chi connectivity index (χ3v) is 2.51. The molecule has 0 amide bonds. The molecule has 0 radical (unpaired) electrons. The molecule has 0 bridgehead atoms. The second kappa shape index (κ2) is 8.08. The van der Waals surface area contributed by atoms with Crippen molar-refractivity contribution >= 4 is 17.8 Å². The van der Waals surface area contributed by atoms with Gasteiger partial charge in [0.15, 0.2) is 5.57 Å². The monoisotopic (exact) mass is 295 g/mol. The molecule has 1 aromatic rings. The van der Waals surface area contributed by atoms with Gasteiger partial charge in [0, 0.05) is 12.1 Å². The number of nitrogens with zero attached hydrogens (tertiary/aromatic N) is 1. The first kappa shape index (κ1) is 16.7. The van der Waals surface area contributed by atoms with Gasteiger partial charge < -0.3 is 19.8 Å². The lowest BCUT2D eigenvalue weighted by Crippen LogP contribution is -2.19. The second-order valence-electron chi connectivity index (χ2n) is 4.48. The van der Waals surface area contributed by atoms with Gasteiger partial charge in [-0.25, -0.2) is 14.6 Å². The summed E-state index contributed by atoms with van der Waals surface area (Å²) < 4.78 is 9.66. The summed E-state index contributed by atoms with van der Waals surface area (Å²) in [6.45, 7) is 7.69. The number of aromatic amines is 1. The van der Waals surface area contributed by atoms with E-state index in [1.165, 1.54) is 6.20 Å². The summed E-state index contributed by atoms with van der Waals surface area (Å²) in [5, 5.41) is 2.82. The maximum absolute atomic E-state index is 11.7. The van der Waals surface area contributed by atoms with Crippen molar-refractivity contribution in [3.05, 3.63) is 23.8 Å². The molecule has 0 aliphatic rings. The molecule has 0 unspecified atom stereocenters. The number of ether oxygens (including phenoxy) is 2. The molecule has 0 atom stereocenters. The Morgan fingerprint density at radius 1 is 1.29 bits per heavy atom. The number of hydrogen-bond acceptors (Lipinski definition) is 6. The van der Waals surface area contributed by atoms with Crippen molar-refractivity contribution in [3.63, 3.8) is 0 Å². The van der Waals surface area contributed by atoms with Crippen molar-refractivity contribution in [1.82, 2.24) is 9.97 Å². The highest BCUT2D eigenvalue weighted by Gasteiger charge is 2.21. The molecule has 0 fully saturated rings. The first-order chi connectivity index (χ1) is 9.99. The molecule has 1 rings (SSSR count). The van der Waals surface area contributed by atoms with Crippen molar-refractivity contribution < 1.29 is 19.1 Å². The fraction of sp³-hybridized carbons (Fsp3) is 0.500. The molecule has 0 aliphatic carbocycles.